The summed E-state index contributed by atoms with van der Waals surface area (Å²) < 4.78 is 1.06. The molecule has 1 atom stereocenters. The molecule has 0 fully saturated rings. The second-order valence-electron chi connectivity index (χ2n) is 4.48. The third-order valence-electron chi connectivity index (χ3n) is 3.02. The SMILES string of the molecule is CC(NCc1ccc(O)c(O)c1)c1ccc(Br)cc1. The Bertz CT molecular complexity index is 555. The zero-order valence-corrected chi connectivity index (χ0v) is 12.2. The fraction of sp³-hybridized carbons (Fsp3) is 0.200. The molecule has 100 valence electrons. The van der Waals surface area contributed by atoms with Gasteiger partial charge in [0.05, 0.1) is 0 Å². The van der Waals surface area contributed by atoms with Crippen LogP contribution < -0.4 is 5.32 Å². The Balaban J connectivity index is 1.98. The zero-order valence-electron chi connectivity index (χ0n) is 10.6. The first-order valence-electron chi connectivity index (χ1n) is 6.06. The van der Waals surface area contributed by atoms with E-state index in [2.05, 4.69) is 40.3 Å². The maximum Gasteiger partial charge on any atom is 0.157 e. The van der Waals surface area contributed by atoms with E-state index in [1.54, 1.807) is 12.1 Å². The van der Waals surface area contributed by atoms with Gasteiger partial charge >= 0.3 is 0 Å². The monoisotopic (exact) mass is 321 g/mol. The molecular weight excluding hydrogens is 306 g/mol. The van der Waals surface area contributed by atoms with Gasteiger partial charge in [-0.2, -0.15) is 0 Å². The minimum atomic E-state index is -0.0929. The fourth-order valence-electron chi connectivity index (χ4n) is 1.82. The highest BCUT2D eigenvalue weighted by atomic mass is 79.9. The first-order valence-corrected chi connectivity index (χ1v) is 6.85. The van der Waals surface area contributed by atoms with Crippen LogP contribution in [0, 0.1) is 0 Å². The predicted molar refractivity (Wildman–Crippen MR) is 79.2 cm³/mol. The van der Waals surface area contributed by atoms with Crippen LogP contribution in [-0.2, 0) is 6.54 Å². The summed E-state index contributed by atoms with van der Waals surface area (Å²) in [7, 11) is 0. The van der Waals surface area contributed by atoms with Crippen LogP contribution >= 0.6 is 15.9 Å². The Hall–Kier alpha value is -1.52. The molecule has 2 rings (SSSR count). The molecule has 3 N–H and O–H groups in total. The van der Waals surface area contributed by atoms with Gasteiger partial charge in [0.25, 0.3) is 0 Å². The van der Waals surface area contributed by atoms with E-state index in [-0.39, 0.29) is 17.5 Å². The maximum atomic E-state index is 9.43. The van der Waals surface area contributed by atoms with Crippen LogP contribution in [-0.4, -0.2) is 10.2 Å². The summed E-state index contributed by atoms with van der Waals surface area (Å²) in [6.07, 6.45) is 0. The molecule has 2 aromatic carbocycles. The van der Waals surface area contributed by atoms with E-state index in [1.165, 1.54) is 11.6 Å². The molecular formula is C15H16BrNO2. The average molecular weight is 322 g/mol. The van der Waals surface area contributed by atoms with Crippen molar-refractivity contribution in [2.24, 2.45) is 0 Å². The number of benzene rings is 2. The van der Waals surface area contributed by atoms with Crippen molar-refractivity contribution in [3.05, 3.63) is 58.1 Å². The fourth-order valence-corrected chi connectivity index (χ4v) is 2.08. The van der Waals surface area contributed by atoms with Crippen molar-refractivity contribution >= 4 is 15.9 Å². The number of aromatic hydroxyl groups is 2. The highest BCUT2D eigenvalue weighted by Gasteiger charge is 2.06. The summed E-state index contributed by atoms with van der Waals surface area (Å²) in [5.41, 5.74) is 2.13. The number of hydrogen-bond donors (Lipinski definition) is 3. The highest BCUT2D eigenvalue weighted by molar-refractivity contribution is 9.10. The summed E-state index contributed by atoms with van der Waals surface area (Å²) in [6.45, 7) is 2.72. The summed E-state index contributed by atoms with van der Waals surface area (Å²) in [6, 6.07) is 13.2. The minimum Gasteiger partial charge on any atom is -0.504 e. The van der Waals surface area contributed by atoms with E-state index < -0.39 is 0 Å². The third-order valence-corrected chi connectivity index (χ3v) is 3.55. The lowest BCUT2D eigenvalue weighted by Crippen LogP contribution is -2.17. The molecule has 0 aliphatic rings. The van der Waals surface area contributed by atoms with Crippen LogP contribution in [0.3, 0.4) is 0 Å². The molecule has 2 aromatic rings. The van der Waals surface area contributed by atoms with Crippen LogP contribution in [0.1, 0.15) is 24.1 Å². The van der Waals surface area contributed by atoms with Crippen molar-refractivity contribution in [2.75, 3.05) is 0 Å². The van der Waals surface area contributed by atoms with Crippen LogP contribution in [0.15, 0.2) is 46.9 Å². The van der Waals surface area contributed by atoms with E-state index in [1.807, 2.05) is 12.1 Å². The number of halogens is 1. The first-order chi connectivity index (χ1) is 9.06. The summed E-state index contributed by atoms with van der Waals surface area (Å²) in [4.78, 5) is 0. The Morgan fingerprint density at radius 1 is 1.05 bits per heavy atom. The van der Waals surface area contributed by atoms with Gasteiger partial charge in [0.15, 0.2) is 11.5 Å². The van der Waals surface area contributed by atoms with Gasteiger partial charge in [0.2, 0.25) is 0 Å². The summed E-state index contributed by atoms with van der Waals surface area (Å²) in [5, 5.41) is 22.1. The first kappa shape index (κ1) is 13.9. The van der Waals surface area contributed by atoms with Gasteiger partial charge in [-0.25, -0.2) is 0 Å². The quantitative estimate of drug-likeness (QED) is 0.752. The van der Waals surface area contributed by atoms with E-state index in [9.17, 15) is 10.2 Å². The highest BCUT2D eigenvalue weighted by Crippen LogP contribution is 2.25. The summed E-state index contributed by atoms with van der Waals surface area (Å²) in [5.74, 6) is -0.180. The lowest BCUT2D eigenvalue weighted by Gasteiger charge is -2.14. The van der Waals surface area contributed by atoms with Crippen molar-refractivity contribution in [3.63, 3.8) is 0 Å². The number of nitrogens with one attached hydrogen (secondary N) is 1. The van der Waals surface area contributed by atoms with E-state index in [0.29, 0.717) is 6.54 Å². The van der Waals surface area contributed by atoms with Crippen LogP contribution in [0.25, 0.3) is 0 Å². The lowest BCUT2D eigenvalue weighted by molar-refractivity contribution is 0.402. The van der Waals surface area contributed by atoms with E-state index in [0.717, 1.165) is 10.0 Å². The molecule has 0 aliphatic carbocycles. The van der Waals surface area contributed by atoms with Crippen LogP contribution in [0.5, 0.6) is 11.5 Å². The Labute approximate surface area is 121 Å². The number of phenols is 2. The topological polar surface area (TPSA) is 52.5 Å². The van der Waals surface area contributed by atoms with E-state index in [4.69, 9.17) is 0 Å². The molecule has 1 unspecified atom stereocenters. The minimum absolute atomic E-state index is 0.0874. The normalized spacial score (nSPS) is 12.3. The molecule has 0 saturated heterocycles. The van der Waals surface area contributed by atoms with Crippen molar-refractivity contribution in [3.8, 4) is 11.5 Å². The van der Waals surface area contributed by atoms with Gasteiger partial charge in [0, 0.05) is 17.1 Å². The van der Waals surface area contributed by atoms with Crippen molar-refractivity contribution in [1.82, 2.24) is 5.32 Å². The molecule has 4 heteroatoms. The standard InChI is InChI=1S/C15H16BrNO2/c1-10(12-3-5-13(16)6-4-12)17-9-11-2-7-14(18)15(19)8-11/h2-8,10,17-19H,9H2,1H3. The lowest BCUT2D eigenvalue weighted by atomic mass is 10.1. The average Bonchev–Trinajstić information content (AvgIpc) is 2.40. The van der Waals surface area contributed by atoms with Gasteiger partial charge in [-0.3, -0.25) is 0 Å². The second-order valence-corrected chi connectivity index (χ2v) is 5.39. The van der Waals surface area contributed by atoms with Crippen molar-refractivity contribution < 1.29 is 10.2 Å². The van der Waals surface area contributed by atoms with Gasteiger partial charge < -0.3 is 15.5 Å². The number of hydrogen-bond acceptors (Lipinski definition) is 3. The molecule has 0 aromatic heterocycles. The van der Waals surface area contributed by atoms with Crippen molar-refractivity contribution in [1.29, 1.82) is 0 Å². The maximum absolute atomic E-state index is 9.43. The molecule has 0 bridgehead atoms. The largest absolute Gasteiger partial charge is 0.504 e. The molecule has 0 heterocycles. The molecule has 0 amide bonds. The van der Waals surface area contributed by atoms with Gasteiger partial charge in [-0.05, 0) is 42.3 Å². The molecule has 0 radical (unpaired) electrons. The van der Waals surface area contributed by atoms with E-state index >= 15 is 0 Å². The molecule has 0 aliphatic heterocycles. The number of phenolic OH excluding ortho intramolecular Hbond substituents is 2. The number of rotatable bonds is 4. The summed E-state index contributed by atoms with van der Waals surface area (Å²) >= 11 is 3.41. The van der Waals surface area contributed by atoms with Gasteiger partial charge in [-0.15, -0.1) is 0 Å². The predicted octanol–water partition coefficient (Wildman–Crippen LogP) is 3.71. The Kier molecular flexibility index (Phi) is 4.45. The zero-order chi connectivity index (χ0) is 13.8. The van der Waals surface area contributed by atoms with Gasteiger partial charge in [0.1, 0.15) is 0 Å². The third kappa shape index (κ3) is 3.72. The Morgan fingerprint density at radius 3 is 2.37 bits per heavy atom. The smallest absolute Gasteiger partial charge is 0.157 e. The molecule has 19 heavy (non-hydrogen) atoms. The van der Waals surface area contributed by atoms with Gasteiger partial charge in [-0.1, -0.05) is 34.1 Å². The van der Waals surface area contributed by atoms with Crippen molar-refractivity contribution in [2.45, 2.75) is 19.5 Å². The molecule has 3 nitrogen and oxygen atoms in total. The molecule has 0 spiro atoms. The molecule has 0 saturated carbocycles. The van der Waals surface area contributed by atoms with Crippen LogP contribution in [0.2, 0.25) is 0 Å². The van der Waals surface area contributed by atoms with Crippen LogP contribution in [0.4, 0.5) is 0 Å². The second kappa shape index (κ2) is 6.08. The Morgan fingerprint density at radius 2 is 1.74 bits per heavy atom.